The summed E-state index contributed by atoms with van der Waals surface area (Å²) < 4.78 is 32.1. The van der Waals surface area contributed by atoms with Gasteiger partial charge in [-0.05, 0) is 12.8 Å². The van der Waals surface area contributed by atoms with Crippen molar-refractivity contribution in [3.63, 3.8) is 0 Å². The number of aromatic nitrogens is 2. The molecule has 1 aliphatic heterocycles. The van der Waals surface area contributed by atoms with Gasteiger partial charge in [-0.2, -0.15) is 0 Å². The molecule has 0 bridgehead atoms. The SMILES string of the molecule is O=C(C1CCC(F)(F)CC1)N1CCO[C@H](c2cnccn2)C1. The molecule has 0 unspecified atom stereocenters. The second kappa shape index (κ2) is 6.24. The van der Waals surface area contributed by atoms with Crippen LogP contribution in [0.4, 0.5) is 8.78 Å². The minimum Gasteiger partial charge on any atom is -0.368 e. The number of hydrogen-bond donors (Lipinski definition) is 0. The van der Waals surface area contributed by atoms with E-state index in [9.17, 15) is 13.6 Å². The fraction of sp³-hybridized carbons (Fsp3) is 0.667. The molecule has 22 heavy (non-hydrogen) atoms. The Labute approximate surface area is 127 Å². The Morgan fingerprint density at radius 3 is 2.77 bits per heavy atom. The van der Waals surface area contributed by atoms with Gasteiger partial charge in [-0.25, -0.2) is 8.78 Å². The van der Waals surface area contributed by atoms with Crippen molar-refractivity contribution >= 4 is 5.91 Å². The summed E-state index contributed by atoms with van der Waals surface area (Å²) in [6.45, 7) is 1.34. The smallest absolute Gasteiger partial charge is 0.248 e. The van der Waals surface area contributed by atoms with Crippen LogP contribution in [0.5, 0.6) is 0 Å². The van der Waals surface area contributed by atoms with Gasteiger partial charge in [0.2, 0.25) is 11.8 Å². The van der Waals surface area contributed by atoms with Crippen molar-refractivity contribution in [1.82, 2.24) is 14.9 Å². The highest BCUT2D eigenvalue weighted by molar-refractivity contribution is 5.79. The van der Waals surface area contributed by atoms with Crippen LogP contribution in [0.2, 0.25) is 0 Å². The summed E-state index contributed by atoms with van der Waals surface area (Å²) in [7, 11) is 0. The van der Waals surface area contributed by atoms with Crippen molar-refractivity contribution in [2.75, 3.05) is 19.7 Å². The zero-order chi connectivity index (χ0) is 15.6. The predicted molar refractivity (Wildman–Crippen MR) is 74.2 cm³/mol. The number of amides is 1. The molecule has 1 aliphatic carbocycles. The van der Waals surface area contributed by atoms with Gasteiger partial charge in [0.25, 0.3) is 0 Å². The summed E-state index contributed by atoms with van der Waals surface area (Å²) in [5.74, 6) is -2.93. The first-order chi connectivity index (χ1) is 10.6. The molecule has 2 fully saturated rings. The van der Waals surface area contributed by atoms with E-state index in [1.807, 2.05) is 0 Å². The largest absolute Gasteiger partial charge is 0.368 e. The van der Waals surface area contributed by atoms with Crippen LogP contribution in [-0.4, -0.2) is 46.4 Å². The number of ether oxygens (including phenoxy) is 1. The Hall–Kier alpha value is -1.63. The van der Waals surface area contributed by atoms with Crippen LogP contribution in [0, 0.1) is 5.92 Å². The number of carbonyl (C=O) groups excluding carboxylic acids is 1. The average Bonchev–Trinajstić information content (AvgIpc) is 2.55. The highest BCUT2D eigenvalue weighted by atomic mass is 19.3. The van der Waals surface area contributed by atoms with Crippen LogP contribution >= 0.6 is 0 Å². The molecule has 0 spiro atoms. The van der Waals surface area contributed by atoms with Crippen molar-refractivity contribution in [2.45, 2.75) is 37.7 Å². The van der Waals surface area contributed by atoms with E-state index < -0.39 is 5.92 Å². The zero-order valence-corrected chi connectivity index (χ0v) is 12.3. The summed E-state index contributed by atoms with van der Waals surface area (Å²) in [5.41, 5.74) is 0.690. The molecule has 0 aromatic carbocycles. The highest BCUT2D eigenvalue weighted by Crippen LogP contribution is 2.37. The van der Waals surface area contributed by atoms with Gasteiger partial charge in [-0.1, -0.05) is 0 Å². The number of halogens is 2. The summed E-state index contributed by atoms with van der Waals surface area (Å²) >= 11 is 0. The highest BCUT2D eigenvalue weighted by Gasteiger charge is 2.39. The summed E-state index contributed by atoms with van der Waals surface area (Å²) in [5, 5.41) is 0. The third-order valence-electron chi connectivity index (χ3n) is 4.36. The monoisotopic (exact) mass is 311 g/mol. The third-order valence-corrected chi connectivity index (χ3v) is 4.36. The van der Waals surface area contributed by atoms with Crippen LogP contribution in [0.1, 0.15) is 37.5 Å². The second-order valence-electron chi connectivity index (χ2n) is 5.90. The van der Waals surface area contributed by atoms with Gasteiger partial charge in [0.1, 0.15) is 6.10 Å². The molecule has 120 valence electrons. The van der Waals surface area contributed by atoms with Crippen molar-refractivity contribution < 1.29 is 18.3 Å². The molecule has 0 radical (unpaired) electrons. The fourth-order valence-electron chi connectivity index (χ4n) is 3.05. The maximum absolute atomic E-state index is 13.2. The van der Waals surface area contributed by atoms with Gasteiger partial charge in [0.05, 0.1) is 25.0 Å². The van der Waals surface area contributed by atoms with E-state index in [2.05, 4.69) is 9.97 Å². The standard InChI is InChI=1S/C15H19F2N3O2/c16-15(17)3-1-11(2-4-15)14(21)20-7-8-22-13(10-20)12-9-18-5-6-19-12/h5-6,9,11,13H,1-4,7-8,10H2/t13-/m0/s1. The lowest BCUT2D eigenvalue weighted by Crippen LogP contribution is -2.46. The summed E-state index contributed by atoms with van der Waals surface area (Å²) in [4.78, 5) is 22.5. The van der Waals surface area contributed by atoms with E-state index in [1.54, 1.807) is 23.5 Å². The lowest BCUT2D eigenvalue weighted by molar-refractivity contribution is -0.147. The summed E-state index contributed by atoms with van der Waals surface area (Å²) in [6.07, 6.45) is 4.64. The molecular formula is C15H19F2N3O2. The van der Waals surface area contributed by atoms with Crippen molar-refractivity contribution in [3.8, 4) is 0 Å². The molecule has 2 heterocycles. The molecule has 0 N–H and O–H groups in total. The van der Waals surface area contributed by atoms with Crippen molar-refractivity contribution in [1.29, 1.82) is 0 Å². The molecule has 5 nitrogen and oxygen atoms in total. The third kappa shape index (κ3) is 3.40. The van der Waals surface area contributed by atoms with Gasteiger partial charge in [-0.15, -0.1) is 0 Å². The lowest BCUT2D eigenvalue weighted by atomic mass is 9.85. The molecule has 1 saturated heterocycles. The van der Waals surface area contributed by atoms with E-state index in [0.29, 0.717) is 25.4 Å². The maximum atomic E-state index is 13.2. The van der Waals surface area contributed by atoms with E-state index in [-0.39, 0.29) is 43.6 Å². The number of hydrogen-bond acceptors (Lipinski definition) is 4. The van der Waals surface area contributed by atoms with E-state index >= 15 is 0 Å². The van der Waals surface area contributed by atoms with Gasteiger partial charge >= 0.3 is 0 Å². The minimum atomic E-state index is -2.61. The fourth-order valence-corrected chi connectivity index (χ4v) is 3.05. The number of carbonyl (C=O) groups is 1. The number of nitrogens with zero attached hydrogens (tertiary/aromatic N) is 3. The van der Waals surface area contributed by atoms with Crippen LogP contribution in [0.3, 0.4) is 0 Å². The first-order valence-electron chi connectivity index (χ1n) is 7.59. The van der Waals surface area contributed by atoms with E-state index in [4.69, 9.17) is 4.74 Å². The van der Waals surface area contributed by atoms with Crippen molar-refractivity contribution in [3.05, 3.63) is 24.3 Å². The number of alkyl halides is 2. The molecule has 1 aromatic rings. The van der Waals surface area contributed by atoms with E-state index in [0.717, 1.165) is 0 Å². The van der Waals surface area contributed by atoms with Crippen LogP contribution in [-0.2, 0) is 9.53 Å². The molecule has 1 aromatic heterocycles. The summed E-state index contributed by atoms with van der Waals surface area (Å²) in [6, 6.07) is 0. The molecule has 1 saturated carbocycles. The van der Waals surface area contributed by atoms with Gasteiger partial charge in [0, 0.05) is 37.7 Å². The first-order valence-corrected chi connectivity index (χ1v) is 7.59. The Kier molecular flexibility index (Phi) is 4.33. The zero-order valence-electron chi connectivity index (χ0n) is 12.3. The average molecular weight is 311 g/mol. The van der Waals surface area contributed by atoms with Crippen LogP contribution < -0.4 is 0 Å². The molecule has 2 aliphatic rings. The Morgan fingerprint density at radius 1 is 1.32 bits per heavy atom. The Morgan fingerprint density at radius 2 is 2.09 bits per heavy atom. The predicted octanol–water partition coefficient (Wildman–Crippen LogP) is 2.20. The molecule has 1 amide bonds. The minimum absolute atomic E-state index is 0.0345. The van der Waals surface area contributed by atoms with E-state index in [1.165, 1.54) is 0 Å². The molecule has 3 rings (SSSR count). The number of rotatable bonds is 2. The Balaban J connectivity index is 1.61. The maximum Gasteiger partial charge on any atom is 0.248 e. The van der Waals surface area contributed by atoms with Gasteiger partial charge < -0.3 is 9.64 Å². The second-order valence-corrected chi connectivity index (χ2v) is 5.90. The van der Waals surface area contributed by atoms with Crippen LogP contribution in [0.15, 0.2) is 18.6 Å². The van der Waals surface area contributed by atoms with Crippen molar-refractivity contribution in [2.24, 2.45) is 5.92 Å². The first kappa shape index (κ1) is 15.3. The molecular weight excluding hydrogens is 292 g/mol. The topological polar surface area (TPSA) is 55.3 Å². The quantitative estimate of drug-likeness (QED) is 0.840. The molecule has 7 heteroatoms. The van der Waals surface area contributed by atoms with Crippen LogP contribution in [0.25, 0.3) is 0 Å². The normalized spacial score (nSPS) is 25.9. The number of morpholine rings is 1. The van der Waals surface area contributed by atoms with Gasteiger partial charge in [-0.3, -0.25) is 14.8 Å². The lowest BCUT2D eigenvalue weighted by Gasteiger charge is -2.36. The van der Waals surface area contributed by atoms with Gasteiger partial charge in [0.15, 0.2) is 0 Å². The molecule has 1 atom stereocenters. The Bertz CT molecular complexity index is 517.